The van der Waals surface area contributed by atoms with Crippen LogP contribution < -0.4 is 4.90 Å². The summed E-state index contributed by atoms with van der Waals surface area (Å²) in [6.07, 6.45) is 0.300. The van der Waals surface area contributed by atoms with Crippen LogP contribution >= 0.6 is 11.6 Å². The van der Waals surface area contributed by atoms with Gasteiger partial charge in [0, 0.05) is 13.2 Å². The van der Waals surface area contributed by atoms with E-state index < -0.39 is 6.09 Å². The van der Waals surface area contributed by atoms with E-state index >= 15 is 0 Å². The lowest BCUT2D eigenvalue weighted by atomic mass is 10.5. The Kier molecular flexibility index (Phi) is 2.44. The average molecular weight is 188 g/mol. The van der Waals surface area contributed by atoms with Crippen LogP contribution in [-0.2, 0) is 0 Å². The Morgan fingerprint density at radius 1 is 1.75 bits per heavy atom. The Morgan fingerprint density at radius 3 is 2.92 bits per heavy atom. The summed E-state index contributed by atoms with van der Waals surface area (Å²) in [6.45, 7) is 0. The molecular formula is C6H6ClN3O2. The van der Waals surface area contributed by atoms with E-state index in [9.17, 15) is 4.79 Å². The van der Waals surface area contributed by atoms with Crippen molar-refractivity contribution in [3.8, 4) is 0 Å². The van der Waals surface area contributed by atoms with Crippen LogP contribution in [0.5, 0.6) is 0 Å². The second kappa shape index (κ2) is 3.36. The van der Waals surface area contributed by atoms with Crippen molar-refractivity contribution in [3.05, 3.63) is 17.5 Å². The van der Waals surface area contributed by atoms with Crippen molar-refractivity contribution in [2.45, 2.75) is 0 Å². The second-order valence-corrected chi connectivity index (χ2v) is 2.36. The Balaban J connectivity index is 2.95. The molecule has 1 amide bonds. The number of hydrogen-bond acceptors (Lipinski definition) is 3. The van der Waals surface area contributed by atoms with E-state index in [1.54, 1.807) is 0 Å². The smallest absolute Gasteiger partial charge is 0.412 e. The number of amides is 1. The summed E-state index contributed by atoms with van der Waals surface area (Å²) >= 11 is 5.45. The van der Waals surface area contributed by atoms with Crippen LogP contribution in [0.2, 0.25) is 5.28 Å². The van der Waals surface area contributed by atoms with Crippen LogP contribution in [0.1, 0.15) is 0 Å². The van der Waals surface area contributed by atoms with E-state index in [4.69, 9.17) is 16.7 Å². The number of nitrogens with zero attached hydrogens (tertiary/aromatic N) is 3. The van der Waals surface area contributed by atoms with Gasteiger partial charge in [-0.15, -0.1) is 0 Å². The number of anilines is 1. The van der Waals surface area contributed by atoms with Gasteiger partial charge in [-0.2, -0.15) is 0 Å². The Morgan fingerprint density at radius 2 is 2.42 bits per heavy atom. The van der Waals surface area contributed by atoms with Gasteiger partial charge >= 0.3 is 6.09 Å². The molecule has 12 heavy (non-hydrogen) atoms. The third kappa shape index (κ3) is 1.82. The number of carbonyl (C=O) groups is 1. The highest BCUT2D eigenvalue weighted by Gasteiger charge is 2.09. The standard InChI is InChI=1S/C6H6ClN3O2/c1-10(6(11)12)4-2-3-8-5(7)9-4/h2-3H,1H3,(H,11,12). The molecule has 1 aromatic heterocycles. The van der Waals surface area contributed by atoms with Crippen molar-refractivity contribution >= 4 is 23.5 Å². The lowest BCUT2D eigenvalue weighted by molar-refractivity contribution is 0.203. The van der Waals surface area contributed by atoms with Gasteiger partial charge in [0.25, 0.3) is 0 Å². The number of aromatic nitrogens is 2. The molecule has 6 heteroatoms. The number of rotatable bonds is 1. The van der Waals surface area contributed by atoms with E-state index in [0.29, 0.717) is 0 Å². The predicted molar refractivity (Wildman–Crippen MR) is 43.5 cm³/mol. The van der Waals surface area contributed by atoms with E-state index in [1.807, 2.05) is 0 Å². The maximum absolute atomic E-state index is 10.4. The van der Waals surface area contributed by atoms with Crippen LogP contribution in [0.25, 0.3) is 0 Å². The van der Waals surface area contributed by atoms with Crippen molar-refractivity contribution in [2.24, 2.45) is 0 Å². The first-order chi connectivity index (χ1) is 5.61. The second-order valence-electron chi connectivity index (χ2n) is 2.03. The van der Waals surface area contributed by atoms with Crippen LogP contribution in [0, 0.1) is 0 Å². The number of halogens is 1. The first kappa shape index (κ1) is 8.73. The summed E-state index contributed by atoms with van der Waals surface area (Å²) in [4.78, 5) is 18.7. The molecule has 1 rings (SSSR count). The predicted octanol–water partition coefficient (Wildman–Crippen LogP) is 1.24. The monoisotopic (exact) mass is 187 g/mol. The Hall–Kier alpha value is -1.36. The van der Waals surface area contributed by atoms with Crippen molar-refractivity contribution in [1.82, 2.24) is 9.97 Å². The lowest BCUT2D eigenvalue weighted by Gasteiger charge is -2.10. The normalized spacial score (nSPS) is 9.50. The summed E-state index contributed by atoms with van der Waals surface area (Å²) in [5.74, 6) is 0.252. The molecule has 0 aromatic carbocycles. The molecule has 0 saturated heterocycles. The van der Waals surface area contributed by atoms with Crippen LogP contribution in [-0.4, -0.2) is 28.2 Å². The molecule has 1 N–H and O–H groups in total. The Labute approximate surface area is 73.6 Å². The van der Waals surface area contributed by atoms with Gasteiger partial charge in [-0.1, -0.05) is 0 Å². The molecule has 0 radical (unpaired) electrons. The molecule has 0 atom stereocenters. The highest BCUT2D eigenvalue weighted by atomic mass is 35.5. The van der Waals surface area contributed by atoms with E-state index in [0.717, 1.165) is 4.90 Å². The summed E-state index contributed by atoms with van der Waals surface area (Å²) in [5, 5.41) is 8.58. The fourth-order valence-corrected chi connectivity index (χ4v) is 0.754. The highest BCUT2D eigenvalue weighted by molar-refractivity contribution is 6.28. The number of carboxylic acid groups (broad SMARTS) is 1. The molecule has 0 saturated carbocycles. The van der Waals surface area contributed by atoms with Gasteiger partial charge in [0.1, 0.15) is 5.82 Å². The quantitative estimate of drug-likeness (QED) is 0.672. The van der Waals surface area contributed by atoms with Gasteiger partial charge in [-0.3, -0.25) is 4.90 Å². The summed E-state index contributed by atoms with van der Waals surface area (Å²) in [5.41, 5.74) is 0. The molecule has 1 heterocycles. The topological polar surface area (TPSA) is 66.3 Å². The van der Waals surface area contributed by atoms with Gasteiger partial charge in [0.2, 0.25) is 5.28 Å². The first-order valence-corrected chi connectivity index (χ1v) is 3.44. The minimum Gasteiger partial charge on any atom is -0.465 e. The average Bonchev–Trinajstić information content (AvgIpc) is 2.03. The first-order valence-electron chi connectivity index (χ1n) is 3.06. The van der Waals surface area contributed by atoms with Gasteiger partial charge < -0.3 is 5.11 Å². The lowest BCUT2D eigenvalue weighted by Crippen LogP contribution is -2.24. The van der Waals surface area contributed by atoms with Crippen LogP contribution in [0.3, 0.4) is 0 Å². The highest BCUT2D eigenvalue weighted by Crippen LogP contribution is 2.09. The molecule has 0 fully saturated rings. The fraction of sp³-hybridized carbons (Fsp3) is 0.167. The van der Waals surface area contributed by atoms with E-state index in [-0.39, 0.29) is 11.1 Å². The molecule has 1 aromatic rings. The molecule has 0 unspecified atom stereocenters. The minimum atomic E-state index is -1.09. The van der Waals surface area contributed by atoms with Gasteiger partial charge in [0.05, 0.1) is 0 Å². The SMILES string of the molecule is CN(C(=O)O)c1ccnc(Cl)n1. The van der Waals surface area contributed by atoms with Gasteiger partial charge in [-0.25, -0.2) is 14.8 Å². The van der Waals surface area contributed by atoms with E-state index in [2.05, 4.69) is 9.97 Å². The van der Waals surface area contributed by atoms with E-state index in [1.165, 1.54) is 19.3 Å². The van der Waals surface area contributed by atoms with Crippen molar-refractivity contribution in [3.63, 3.8) is 0 Å². The molecular weight excluding hydrogens is 182 g/mol. The minimum absolute atomic E-state index is 0.0283. The largest absolute Gasteiger partial charge is 0.465 e. The maximum Gasteiger partial charge on any atom is 0.412 e. The molecule has 0 aliphatic carbocycles. The molecule has 5 nitrogen and oxygen atoms in total. The summed E-state index contributed by atoms with van der Waals surface area (Å²) in [7, 11) is 1.38. The summed E-state index contributed by atoms with van der Waals surface area (Å²) in [6, 6.07) is 1.46. The maximum atomic E-state index is 10.4. The van der Waals surface area contributed by atoms with Gasteiger partial charge in [0.15, 0.2) is 0 Å². The van der Waals surface area contributed by atoms with Crippen LogP contribution in [0.15, 0.2) is 12.3 Å². The van der Waals surface area contributed by atoms with Crippen molar-refractivity contribution in [2.75, 3.05) is 11.9 Å². The third-order valence-electron chi connectivity index (χ3n) is 1.24. The zero-order valence-corrected chi connectivity index (χ0v) is 6.99. The van der Waals surface area contributed by atoms with Gasteiger partial charge in [-0.05, 0) is 17.7 Å². The molecule has 0 aliphatic heterocycles. The molecule has 64 valence electrons. The van der Waals surface area contributed by atoms with Crippen LogP contribution in [0.4, 0.5) is 10.6 Å². The van der Waals surface area contributed by atoms with Crippen molar-refractivity contribution in [1.29, 1.82) is 0 Å². The zero-order chi connectivity index (χ0) is 9.14. The zero-order valence-electron chi connectivity index (χ0n) is 6.23. The molecule has 0 bridgehead atoms. The fourth-order valence-electron chi connectivity index (χ4n) is 0.611. The third-order valence-corrected chi connectivity index (χ3v) is 1.42. The molecule has 0 aliphatic rings. The molecule has 0 spiro atoms. The number of hydrogen-bond donors (Lipinski definition) is 1. The Bertz CT molecular complexity index is 305. The summed E-state index contributed by atoms with van der Waals surface area (Å²) < 4.78 is 0. The van der Waals surface area contributed by atoms with Crippen molar-refractivity contribution < 1.29 is 9.90 Å².